The number of ether oxygens (including phenoxy) is 3. The summed E-state index contributed by atoms with van der Waals surface area (Å²) in [5.74, 6) is 3.59. The largest absolute Gasteiger partial charge is 0.478 e. The first-order valence-electron chi connectivity index (χ1n) is 19.6. The van der Waals surface area contributed by atoms with Gasteiger partial charge in [-0.1, -0.05) is 65.0 Å². The zero-order chi connectivity index (χ0) is 35.2. The molecule has 0 radical (unpaired) electrons. The van der Waals surface area contributed by atoms with Crippen LogP contribution in [0.5, 0.6) is 11.5 Å². The van der Waals surface area contributed by atoms with Crippen LogP contribution in [0.2, 0.25) is 0 Å². The molecule has 0 amide bonds. The minimum absolute atomic E-state index is 0.00822. The molecule has 49 heavy (non-hydrogen) atoms. The van der Waals surface area contributed by atoms with E-state index in [4.69, 9.17) is 14.2 Å². The van der Waals surface area contributed by atoms with Crippen molar-refractivity contribution in [3.63, 3.8) is 0 Å². The monoisotopic (exact) mass is 666 g/mol. The number of carbonyl (C=O) groups is 1. The van der Waals surface area contributed by atoms with Crippen molar-refractivity contribution in [2.24, 2.45) is 45.3 Å². The average molecular weight is 667 g/mol. The third kappa shape index (κ3) is 4.01. The molecule has 4 fully saturated rings. The van der Waals surface area contributed by atoms with Gasteiger partial charge in [-0.25, -0.2) is 0 Å². The lowest BCUT2D eigenvalue weighted by molar-refractivity contribution is -0.205. The van der Waals surface area contributed by atoms with Gasteiger partial charge in [0.25, 0.3) is 0 Å². The summed E-state index contributed by atoms with van der Waals surface area (Å²) >= 11 is 0. The van der Waals surface area contributed by atoms with Crippen LogP contribution in [-0.2, 0) is 14.9 Å². The van der Waals surface area contributed by atoms with Crippen LogP contribution in [0.25, 0.3) is 6.08 Å². The molecular weight excluding hydrogens is 604 g/mol. The van der Waals surface area contributed by atoms with Gasteiger partial charge in [-0.05, 0) is 142 Å². The highest BCUT2D eigenvalue weighted by atomic mass is 16.6. The van der Waals surface area contributed by atoms with Crippen LogP contribution in [-0.4, -0.2) is 24.3 Å². The SMILES string of the molecule is C=C(C)[C@@H]1CC[C@@H](C)[C@]23CC=C(C)[C@@]2(C1)Oc1c(cc2c(c1C)C=C[C@H]1[C@@]2(C)CC[C@@]2(C)[C@@H]4C[C@](C)(C(=O)OC)CC[C@]4(C)CC[C@]12C)O3. The van der Waals surface area contributed by atoms with Crippen molar-refractivity contribution in [1.82, 2.24) is 0 Å². The first kappa shape index (κ1) is 33.6. The lowest BCUT2D eigenvalue weighted by Gasteiger charge is -2.71. The van der Waals surface area contributed by atoms with E-state index in [2.05, 4.69) is 93.2 Å². The molecule has 4 nitrogen and oxygen atoms in total. The number of allylic oxidation sites excluding steroid dienone is 2. The zero-order valence-electron chi connectivity index (χ0n) is 32.2. The molecule has 7 aliphatic rings. The van der Waals surface area contributed by atoms with E-state index in [-0.39, 0.29) is 27.6 Å². The number of methoxy groups -OCH3 is 1. The molecule has 1 aromatic rings. The minimum Gasteiger partial charge on any atom is -0.478 e. The number of fused-ring (bicyclic) bond motifs is 8. The van der Waals surface area contributed by atoms with Gasteiger partial charge in [0.05, 0.1) is 12.5 Å². The Balaban J connectivity index is 1.21. The summed E-state index contributed by atoms with van der Waals surface area (Å²) in [5, 5.41) is 0. The molecule has 0 aromatic heterocycles. The fourth-order valence-electron chi connectivity index (χ4n) is 13.7. The Kier molecular flexibility index (Phi) is 7.08. The van der Waals surface area contributed by atoms with Gasteiger partial charge in [0.15, 0.2) is 22.7 Å². The Labute approximate surface area is 296 Å². The second-order valence-electron chi connectivity index (χ2n) is 19.6. The molecule has 4 saturated carbocycles. The number of carbonyl (C=O) groups excluding carboxylic acids is 1. The molecule has 1 aromatic carbocycles. The average Bonchev–Trinajstić information content (AvgIpc) is 3.27. The maximum Gasteiger partial charge on any atom is 0.311 e. The summed E-state index contributed by atoms with van der Waals surface area (Å²) in [6.07, 6.45) is 19.3. The Hall–Kier alpha value is -2.49. The van der Waals surface area contributed by atoms with Gasteiger partial charge in [-0.2, -0.15) is 0 Å². The zero-order valence-corrected chi connectivity index (χ0v) is 32.2. The van der Waals surface area contributed by atoms with Gasteiger partial charge in [0.1, 0.15) is 0 Å². The smallest absolute Gasteiger partial charge is 0.311 e. The molecule has 266 valence electrons. The first-order valence-corrected chi connectivity index (χ1v) is 19.6. The molecule has 8 rings (SSSR count). The van der Waals surface area contributed by atoms with Crippen molar-refractivity contribution < 1.29 is 19.0 Å². The van der Waals surface area contributed by atoms with Crippen molar-refractivity contribution in [1.29, 1.82) is 0 Å². The Morgan fingerprint density at radius 3 is 2.37 bits per heavy atom. The molecule has 0 spiro atoms. The molecule has 11 atom stereocenters. The molecule has 4 heteroatoms. The van der Waals surface area contributed by atoms with Crippen molar-refractivity contribution in [3.8, 4) is 11.5 Å². The van der Waals surface area contributed by atoms with Crippen LogP contribution < -0.4 is 9.47 Å². The van der Waals surface area contributed by atoms with Crippen molar-refractivity contribution in [3.05, 3.63) is 52.6 Å². The summed E-state index contributed by atoms with van der Waals surface area (Å²) < 4.78 is 20.4. The third-order valence-electron chi connectivity index (χ3n) is 17.4. The standard InChI is InChI=1S/C45H62O4/c1-27(2)31-13-12-28(3)44-17-16-29(4)45(44,25-31)49-37-30(5)32-14-15-35-41(8,33(32)24-34(37)48-44)21-23-43(10)36-26-40(7,38(46)47-11)19-18-39(36,6)20-22-42(35,43)9/h14-16,24,28,31,35-36H,1,12-13,17-23,25-26H2,2-11H3/t28-,31-,35+,36-,39-,40-,41+,42-,43+,44-,45-/m1/s1. The summed E-state index contributed by atoms with van der Waals surface area (Å²) in [6.45, 7) is 26.1. The lowest BCUT2D eigenvalue weighted by atomic mass is 9.33. The van der Waals surface area contributed by atoms with E-state index in [9.17, 15) is 4.79 Å². The van der Waals surface area contributed by atoms with Crippen LogP contribution in [0.4, 0.5) is 0 Å². The Bertz CT molecular complexity index is 1700. The van der Waals surface area contributed by atoms with Crippen LogP contribution in [0.1, 0.15) is 143 Å². The molecule has 0 N–H and O–H groups in total. The van der Waals surface area contributed by atoms with Gasteiger partial charge >= 0.3 is 5.97 Å². The minimum atomic E-state index is -0.461. The van der Waals surface area contributed by atoms with Crippen LogP contribution in [0.15, 0.2) is 35.9 Å². The fraction of sp³-hybridized carbons (Fsp3) is 0.711. The molecule has 0 bridgehead atoms. The van der Waals surface area contributed by atoms with E-state index in [0.29, 0.717) is 23.7 Å². The Morgan fingerprint density at radius 1 is 0.939 bits per heavy atom. The predicted octanol–water partition coefficient (Wildman–Crippen LogP) is 11.1. The molecule has 0 unspecified atom stereocenters. The molecule has 6 aliphatic carbocycles. The fourth-order valence-corrected chi connectivity index (χ4v) is 13.7. The number of rotatable bonds is 2. The highest BCUT2D eigenvalue weighted by molar-refractivity contribution is 5.76. The van der Waals surface area contributed by atoms with Crippen molar-refractivity contribution in [2.45, 2.75) is 150 Å². The van der Waals surface area contributed by atoms with Crippen LogP contribution >= 0.6 is 0 Å². The predicted molar refractivity (Wildman–Crippen MR) is 198 cm³/mol. The normalized spacial score (nSPS) is 47.6. The van der Waals surface area contributed by atoms with Crippen molar-refractivity contribution in [2.75, 3.05) is 7.11 Å². The number of benzene rings is 1. The molecule has 1 heterocycles. The van der Waals surface area contributed by atoms with Crippen LogP contribution in [0, 0.1) is 52.3 Å². The van der Waals surface area contributed by atoms with Gasteiger partial charge in [-0.15, -0.1) is 0 Å². The molecular formula is C45H62O4. The quantitative estimate of drug-likeness (QED) is 0.233. The highest BCUT2D eigenvalue weighted by Crippen LogP contribution is 2.75. The van der Waals surface area contributed by atoms with Gasteiger partial charge < -0.3 is 14.2 Å². The van der Waals surface area contributed by atoms with E-state index < -0.39 is 16.6 Å². The van der Waals surface area contributed by atoms with Crippen LogP contribution in [0.3, 0.4) is 0 Å². The topological polar surface area (TPSA) is 44.8 Å². The van der Waals surface area contributed by atoms with Gasteiger partial charge in [0.2, 0.25) is 0 Å². The van der Waals surface area contributed by atoms with E-state index in [1.165, 1.54) is 47.1 Å². The van der Waals surface area contributed by atoms with Gasteiger partial charge in [0, 0.05) is 29.7 Å². The van der Waals surface area contributed by atoms with E-state index in [0.717, 1.165) is 62.9 Å². The maximum atomic E-state index is 13.2. The van der Waals surface area contributed by atoms with Crippen molar-refractivity contribution >= 4 is 12.0 Å². The summed E-state index contributed by atoms with van der Waals surface area (Å²) in [7, 11) is 1.57. The maximum absolute atomic E-state index is 13.2. The molecule has 0 saturated heterocycles. The highest BCUT2D eigenvalue weighted by Gasteiger charge is 2.69. The number of hydrogen-bond acceptors (Lipinski definition) is 4. The van der Waals surface area contributed by atoms with Gasteiger partial charge in [-0.3, -0.25) is 4.79 Å². The van der Waals surface area contributed by atoms with E-state index >= 15 is 0 Å². The summed E-state index contributed by atoms with van der Waals surface area (Å²) in [4.78, 5) is 13.2. The summed E-state index contributed by atoms with van der Waals surface area (Å²) in [6, 6.07) is 2.43. The first-order chi connectivity index (χ1) is 22.9. The lowest BCUT2D eigenvalue weighted by Crippen LogP contribution is -2.65. The summed E-state index contributed by atoms with van der Waals surface area (Å²) in [5.41, 5.74) is 5.86. The second kappa shape index (κ2) is 10.3. The molecule has 1 aliphatic heterocycles. The number of hydrogen-bond donors (Lipinski definition) is 0. The van der Waals surface area contributed by atoms with E-state index in [1.54, 1.807) is 7.11 Å². The second-order valence-corrected chi connectivity index (χ2v) is 19.6. The Morgan fingerprint density at radius 2 is 1.65 bits per heavy atom. The third-order valence-corrected chi connectivity index (χ3v) is 17.4. The number of esters is 1. The van der Waals surface area contributed by atoms with E-state index in [1.807, 2.05) is 0 Å².